The van der Waals surface area contributed by atoms with E-state index in [9.17, 15) is 9.59 Å². The van der Waals surface area contributed by atoms with Crippen molar-refractivity contribution in [1.29, 1.82) is 0 Å². The zero-order chi connectivity index (χ0) is 30.1. The highest BCUT2D eigenvalue weighted by molar-refractivity contribution is 7.99. The first-order valence-corrected chi connectivity index (χ1v) is 15.7. The van der Waals surface area contributed by atoms with Crippen LogP contribution in [-0.4, -0.2) is 58.1 Å². The van der Waals surface area contributed by atoms with E-state index >= 15 is 0 Å². The van der Waals surface area contributed by atoms with Crippen molar-refractivity contribution in [3.05, 3.63) is 60.2 Å². The quantitative estimate of drug-likeness (QED) is 0.171. The number of aryl methyl sites for hydroxylation is 1. The number of benzene rings is 2. The summed E-state index contributed by atoms with van der Waals surface area (Å²) in [5.74, 6) is 0.613. The number of nitrogens with zero attached hydrogens (tertiary/aromatic N) is 2. The van der Waals surface area contributed by atoms with Crippen molar-refractivity contribution in [2.24, 2.45) is 11.8 Å². The van der Waals surface area contributed by atoms with E-state index in [2.05, 4.69) is 65.5 Å². The third-order valence-electron chi connectivity index (χ3n) is 7.28. The minimum Gasteiger partial charge on any atom is -0.480 e. The summed E-state index contributed by atoms with van der Waals surface area (Å²) in [5.41, 5.74) is 4.91. The topological polar surface area (TPSA) is 103 Å². The second kappa shape index (κ2) is 14.7. The lowest BCUT2D eigenvalue weighted by Gasteiger charge is -2.28. The molecule has 2 N–H and O–H groups in total. The van der Waals surface area contributed by atoms with E-state index in [0.717, 1.165) is 59.6 Å². The molecule has 1 aromatic heterocycles. The minimum absolute atomic E-state index is 0.235. The highest BCUT2D eigenvalue weighted by Crippen LogP contribution is 2.41. The first-order chi connectivity index (χ1) is 20.1. The van der Waals surface area contributed by atoms with Crippen molar-refractivity contribution in [1.82, 2.24) is 15.1 Å². The maximum Gasteiger partial charge on any atom is 0.407 e. The molecule has 3 aromatic rings. The summed E-state index contributed by atoms with van der Waals surface area (Å²) in [5, 5.41) is 18.1. The summed E-state index contributed by atoms with van der Waals surface area (Å²) < 4.78 is 12.9. The second-order valence-electron chi connectivity index (χ2n) is 12.0. The Kier molecular flexibility index (Phi) is 11.1. The molecular formula is C33H43N3O5S. The second-order valence-corrected chi connectivity index (χ2v) is 13.1. The van der Waals surface area contributed by atoms with Gasteiger partial charge in [0.2, 0.25) is 0 Å². The molecule has 2 aromatic carbocycles. The zero-order valence-corrected chi connectivity index (χ0v) is 25.9. The van der Waals surface area contributed by atoms with Gasteiger partial charge >= 0.3 is 12.1 Å². The van der Waals surface area contributed by atoms with Crippen molar-refractivity contribution in [3.63, 3.8) is 0 Å². The Hall–Kier alpha value is -3.30. The number of rotatable bonds is 12. The van der Waals surface area contributed by atoms with Gasteiger partial charge in [0, 0.05) is 30.0 Å². The van der Waals surface area contributed by atoms with Crippen molar-refractivity contribution in [2.45, 2.75) is 70.6 Å². The summed E-state index contributed by atoms with van der Waals surface area (Å²) in [6.45, 7) is 9.20. The molecule has 0 bridgehead atoms. The molecule has 1 amide bonds. The molecule has 1 fully saturated rings. The van der Waals surface area contributed by atoms with Crippen LogP contribution in [0.15, 0.2) is 59.6 Å². The van der Waals surface area contributed by atoms with Crippen LogP contribution in [0.25, 0.3) is 22.4 Å². The molecule has 0 aliphatic heterocycles. The van der Waals surface area contributed by atoms with Crippen LogP contribution in [0.2, 0.25) is 0 Å². The van der Waals surface area contributed by atoms with Gasteiger partial charge in [0.05, 0.1) is 6.61 Å². The molecule has 9 heteroatoms. The van der Waals surface area contributed by atoms with Crippen LogP contribution in [0.1, 0.15) is 52.0 Å². The molecule has 1 heterocycles. The lowest BCUT2D eigenvalue weighted by atomic mass is 9.82. The monoisotopic (exact) mass is 593 g/mol. The van der Waals surface area contributed by atoms with E-state index < -0.39 is 17.7 Å². The van der Waals surface area contributed by atoms with E-state index in [1.54, 1.807) is 11.8 Å². The van der Waals surface area contributed by atoms with Crippen molar-refractivity contribution < 1.29 is 24.2 Å². The van der Waals surface area contributed by atoms with E-state index in [-0.39, 0.29) is 6.61 Å². The molecule has 42 heavy (non-hydrogen) atoms. The van der Waals surface area contributed by atoms with Gasteiger partial charge in [0.1, 0.15) is 22.9 Å². The largest absolute Gasteiger partial charge is 0.480 e. The summed E-state index contributed by atoms with van der Waals surface area (Å²) in [6, 6.07) is 18.9. The molecule has 8 nitrogen and oxygen atoms in total. The number of carboxylic acid groups (broad SMARTS) is 1. The van der Waals surface area contributed by atoms with Crippen LogP contribution in [0.5, 0.6) is 0 Å². The Labute approximate surface area is 253 Å². The highest BCUT2D eigenvalue weighted by atomic mass is 32.2. The average molecular weight is 594 g/mol. The molecule has 1 aliphatic rings. The van der Waals surface area contributed by atoms with E-state index in [4.69, 9.17) is 19.7 Å². The van der Waals surface area contributed by atoms with Gasteiger partial charge in [-0.1, -0.05) is 60.2 Å². The van der Waals surface area contributed by atoms with Crippen LogP contribution >= 0.6 is 11.8 Å². The Balaban J connectivity index is 1.56. The van der Waals surface area contributed by atoms with Gasteiger partial charge in [0.25, 0.3) is 0 Å². The SMILES string of the molecule is Cc1ccc(-c2nn(CC3CCC(COCC(=O)O)CC3)c(SCCNC(=O)OC(C)(C)C)c2-c2ccccc2)cc1. The van der Waals surface area contributed by atoms with E-state index in [1.165, 1.54) is 5.56 Å². The number of amides is 1. The first kappa shape index (κ1) is 31.6. The van der Waals surface area contributed by atoms with Gasteiger partial charge in [0.15, 0.2) is 0 Å². The Morgan fingerprint density at radius 2 is 1.67 bits per heavy atom. The molecule has 0 unspecified atom stereocenters. The lowest BCUT2D eigenvalue weighted by molar-refractivity contribution is -0.142. The molecule has 0 atom stereocenters. The summed E-state index contributed by atoms with van der Waals surface area (Å²) >= 11 is 1.70. The maximum atomic E-state index is 12.2. The Bertz CT molecular complexity index is 1310. The fourth-order valence-corrected chi connectivity index (χ4v) is 6.27. The van der Waals surface area contributed by atoms with Gasteiger partial charge in [-0.15, -0.1) is 11.8 Å². The molecule has 4 rings (SSSR count). The third-order valence-corrected chi connectivity index (χ3v) is 8.38. The van der Waals surface area contributed by atoms with Gasteiger partial charge < -0.3 is 19.9 Å². The van der Waals surface area contributed by atoms with Crippen LogP contribution < -0.4 is 5.32 Å². The van der Waals surface area contributed by atoms with Crippen LogP contribution in [-0.2, 0) is 20.8 Å². The third kappa shape index (κ3) is 9.36. The number of carboxylic acids is 1. The normalized spacial score (nSPS) is 17.1. The number of nitrogens with one attached hydrogen (secondary N) is 1. The predicted octanol–water partition coefficient (Wildman–Crippen LogP) is 7.05. The van der Waals surface area contributed by atoms with Gasteiger partial charge in [-0.3, -0.25) is 4.68 Å². The summed E-state index contributed by atoms with van der Waals surface area (Å²) in [4.78, 5) is 23.0. The molecule has 1 aliphatic carbocycles. The predicted molar refractivity (Wildman–Crippen MR) is 167 cm³/mol. The maximum absolute atomic E-state index is 12.2. The number of alkyl carbamates (subject to hydrolysis) is 1. The number of aliphatic carboxylic acids is 1. The van der Waals surface area contributed by atoms with E-state index in [1.807, 2.05) is 26.8 Å². The number of thioether (sulfide) groups is 1. The minimum atomic E-state index is -0.924. The summed E-state index contributed by atoms with van der Waals surface area (Å²) in [6.07, 6.45) is 3.72. The van der Waals surface area contributed by atoms with Crippen LogP contribution in [0, 0.1) is 18.8 Å². The number of hydrogen-bond acceptors (Lipinski definition) is 6. The van der Waals surface area contributed by atoms with Gasteiger partial charge in [-0.25, -0.2) is 9.59 Å². The fraction of sp³-hybridized carbons (Fsp3) is 0.485. The average Bonchev–Trinajstić information content (AvgIpc) is 3.29. The summed E-state index contributed by atoms with van der Waals surface area (Å²) in [7, 11) is 0. The fourth-order valence-electron chi connectivity index (χ4n) is 5.25. The van der Waals surface area contributed by atoms with Crippen molar-refractivity contribution in [2.75, 3.05) is 25.5 Å². The van der Waals surface area contributed by atoms with Crippen LogP contribution in [0.3, 0.4) is 0 Å². The zero-order valence-electron chi connectivity index (χ0n) is 25.1. The van der Waals surface area contributed by atoms with Crippen LogP contribution in [0.4, 0.5) is 4.79 Å². The smallest absolute Gasteiger partial charge is 0.407 e. The molecule has 0 saturated heterocycles. The molecule has 0 radical (unpaired) electrons. The number of carbonyl (C=O) groups is 2. The van der Waals surface area contributed by atoms with E-state index in [0.29, 0.717) is 30.7 Å². The van der Waals surface area contributed by atoms with Gasteiger partial charge in [-0.05, 0) is 70.8 Å². The molecule has 226 valence electrons. The van der Waals surface area contributed by atoms with Crippen molar-refractivity contribution in [3.8, 4) is 22.4 Å². The van der Waals surface area contributed by atoms with Crippen molar-refractivity contribution >= 4 is 23.8 Å². The number of carbonyl (C=O) groups excluding carboxylic acids is 1. The van der Waals surface area contributed by atoms with Gasteiger partial charge in [-0.2, -0.15) is 5.10 Å². The number of aromatic nitrogens is 2. The molecule has 1 saturated carbocycles. The Morgan fingerprint density at radius 1 is 1.00 bits per heavy atom. The number of ether oxygens (including phenoxy) is 2. The first-order valence-electron chi connectivity index (χ1n) is 14.7. The Morgan fingerprint density at radius 3 is 2.31 bits per heavy atom. The standard InChI is InChI=1S/C33H43N3O5S/c1-23-10-16-27(17-11-23)30-29(26-8-6-5-7-9-26)31(42-19-18-34-32(39)41-33(2,3)4)36(35-30)20-24-12-14-25(15-13-24)21-40-22-28(37)38/h5-11,16-17,24-25H,12-15,18-22H2,1-4H3,(H,34,39)(H,37,38). The molecular weight excluding hydrogens is 550 g/mol. The lowest BCUT2D eigenvalue weighted by Crippen LogP contribution is -2.33. The number of hydrogen-bond donors (Lipinski definition) is 2. The highest BCUT2D eigenvalue weighted by Gasteiger charge is 2.26. The molecule has 0 spiro atoms.